The maximum absolute atomic E-state index is 12.3. The molecule has 126 valence electrons. The van der Waals surface area contributed by atoms with Crippen LogP contribution in [-0.4, -0.2) is 24.4 Å². The highest BCUT2D eigenvalue weighted by Gasteiger charge is 2.22. The number of carboxylic acids is 1. The fourth-order valence-electron chi connectivity index (χ4n) is 1.79. The van der Waals surface area contributed by atoms with Crippen molar-refractivity contribution in [2.75, 3.05) is 4.72 Å². The third kappa shape index (κ3) is 3.75. The summed E-state index contributed by atoms with van der Waals surface area (Å²) < 4.78 is 26.8. The molecule has 0 aliphatic rings. The molecule has 0 radical (unpaired) electrons. The first-order chi connectivity index (χ1) is 11.1. The fourth-order valence-corrected chi connectivity index (χ4v) is 3.24. The Morgan fingerprint density at radius 3 is 2.42 bits per heavy atom. The van der Waals surface area contributed by atoms with Gasteiger partial charge in [-0.05, 0) is 30.3 Å². The molecule has 0 unspecified atom stereocenters. The molecule has 0 aliphatic carbocycles. The number of aromatic carboxylic acids is 1. The summed E-state index contributed by atoms with van der Waals surface area (Å²) in [6, 6.07) is 6.46. The summed E-state index contributed by atoms with van der Waals surface area (Å²) in [5.41, 5.74) is -1.19. The quantitative estimate of drug-likeness (QED) is 0.594. The van der Waals surface area contributed by atoms with Crippen LogP contribution in [0.15, 0.2) is 41.3 Å². The lowest BCUT2D eigenvalue weighted by atomic mass is 10.2. The number of anilines is 1. The van der Waals surface area contributed by atoms with Gasteiger partial charge in [0.1, 0.15) is 5.02 Å². The molecule has 0 aromatic heterocycles. The lowest BCUT2D eigenvalue weighted by Crippen LogP contribution is -2.15. The minimum absolute atomic E-state index is 0.109. The van der Waals surface area contributed by atoms with Crippen LogP contribution in [0.25, 0.3) is 0 Å². The van der Waals surface area contributed by atoms with Gasteiger partial charge >= 0.3 is 5.97 Å². The van der Waals surface area contributed by atoms with Crippen LogP contribution in [0.4, 0.5) is 11.4 Å². The summed E-state index contributed by atoms with van der Waals surface area (Å²) in [4.78, 5) is 20.8. The molecule has 2 aromatic rings. The standard InChI is InChI=1S/C13H8Cl2N2O6S/c14-7-1-4-11(9(5-7)13(18)19)16-24(22,23)8-2-3-10(15)12(6-8)17(20)21/h1-6,16H,(H,18,19). The van der Waals surface area contributed by atoms with Crippen molar-refractivity contribution in [3.63, 3.8) is 0 Å². The Morgan fingerprint density at radius 2 is 1.83 bits per heavy atom. The van der Waals surface area contributed by atoms with Gasteiger partial charge in [-0.3, -0.25) is 14.8 Å². The number of rotatable bonds is 5. The van der Waals surface area contributed by atoms with E-state index >= 15 is 0 Å². The van der Waals surface area contributed by atoms with Crippen molar-refractivity contribution in [1.29, 1.82) is 0 Å². The molecule has 0 atom stereocenters. The van der Waals surface area contributed by atoms with Crippen molar-refractivity contribution < 1.29 is 23.2 Å². The number of carbonyl (C=O) groups is 1. The molecular weight excluding hydrogens is 383 g/mol. The van der Waals surface area contributed by atoms with Gasteiger partial charge in [0.2, 0.25) is 0 Å². The first-order valence-electron chi connectivity index (χ1n) is 6.11. The molecule has 0 amide bonds. The fraction of sp³-hybridized carbons (Fsp3) is 0. The zero-order valence-corrected chi connectivity index (χ0v) is 13.9. The van der Waals surface area contributed by atoms with E-state index in [2.05, 4.69) is 4.72 Å². The van der Waals surface area contributed by atoms with E-state index in [1.54, 1.807) is 0 Å². The smallest absolute Gasteiger partial charge is 0.337 e. The number of carboxylic acid groups (broad SMARTS) is 1. The molecule has 0 saturated heterocycles. The van der Waals surface area contributed by atoms with Crippen LogP contribution in [0.3, 0.4) is 0 Å². The Morgan fingerprint density at radius 1 is 1.17 bits per heavy atom. The summed E-state index contributed by atoms with van der Waals surface area (Å²) in [6.07, 6.45) is 0. The predicted octanol–water partition coefficient (Wildman–Crippen LogP) is 3.40. The number of nitrogens with one attached hydrogen (secondary N) is 1. The molecule has 0 saturated carbocycles. The average Bonchev–Trinajstić information content (AvgIpc) is 2.48. The lowest BCUT2D eigenvalue weighted by Gasteiger charge is -2.11. The second-order valence-corrected chi connectivity index (χ2v) is 7.00. The Hall–Kier alpha value is -2.36. The molecular formula is C13H8Cl2N2O6S. The highest BCUT2D eigenvalue weighted by molar-refractivity contribution is 7.92. The lowest BCUT2D eigenvalue weighted by molar-refractivity contribution is -0.384. The number of nitro benzene ring substituents is 1. The van der Waals surface area contributed by atoms with Gasteiger partial charge in [-0.2, -0.15) is 0 Å². The maximum atomic E-state index is 12.3. The highest BCUT2D eigenvalue weighted by Crippen LogP contribution is 2.29. The molecule has 8 nitrogen and oxygen atoms in total. The predicted molar refractivity (Wildman–Crippen MR) is 87.3 cm³/mol. The molecule has 0 aliphatic heterocycles. The third-order valence-corrected chi connectivity index (χ3v) is 4.80. The third-order valence-electron chi connectivity index (χ3n) is 2.88. The van der Waals surface area contributed by atoms with Crippen LogP contribution < -0.4 is 4.72 Å². The van der Waals surface area contributed by atoms with Crippen molar-refractivity contribution in [2.45, 2.75) is 4.90 Å². The van der Waals surface area contributed by atoms with Crippen LogP contribution in [-0.2, 0) is 10.0 Å². The molecule has 0 spiro atoms. The SMILES string of the molecule is O=C(O)c1cc(Cl)ccc1NS(=O)(=O)c1ccc(Cl)c([N+](=O)[O-])c1. The van der Waals surface area contributed by atoms with Crippen LogP contribution in [0, 0.1) is 10.1 Å². The van der Waals surface area contributed by atoms with Gasteiger partial charge in [-0.25, -0.2) is 13.2 Å². The van der Waals surface area contributed by atoms with E-state index in [0.717, 1.165) is 24.3 Å². The second kappa shape index (κ2) is 6.63. The molecule has 0 heterocycles. The average molecular weight is 391 g/mol. The summed E-state index contributed by atoms with van der Waals surface area (Å²) in [6.45, 7) is 0. The Balaban J connectivity index is 2.49. The van der Waals surface area contributed by atoms with E-state index in [1.807, 2.05) is 0 Å². The molecule has 2 N–H and O–H groups in total. The first kappa shape index (κ1) is 18.0. The van der Waals surface area contributed by atoms with Crippen molar-refractivity contribution in [1.82, 2.24) is 0 Å². The van der Waals surface area contributed by atoms with Crippen molar-refractivity contribution >= 4 is 50.6 Å². The number of nitrogens with zero attached hydrogens (tertiary/aromatic N) is 1. The topological polar surface area (TPSA) is 127 Å². The van der Waals surface area contributed by atoms with Crippen LogP contribution in [0.5, 0.6) is 0 Å². The van der Waals surface area contributed by atoms with E-state index < -0.39 is 31.5 Å². The summed E-state index contributed by atoms with van der Waals surface area (Å²) in [5.74, 6) is -1.39. The van der Waals surface area contributed by atoms with Gasteiger partial charge in [0.15, 0.2) is 0 Å². The molecule has 0 bridgehead atoms. The van der Waals surface area contributed by atoms with Crippen LogP contribution in [0.1, 0.15) is 10.4 Å². The van der Waals surface area contributed by atoms with E-state index in [9.17, 15) is 23.3 Å². The van der Waals surface area contributed by atoms with Gasteiger partial charge in [-0.15, -0.1) is 0 Å². The van der Waals surface area contributed by atoms with Gasteiger partial charge in [-0.1, -0.05) is 23.2 Å². The minimum atomic E-state index is -4.27. The maximum Gasteiger partial charge on any atom is 0.337 e. The zero-order chi connectivity index (χ0) is 18.1. The van der Waals surface area contributed by atoms with E-state index in [1.165, 1.54) is 12.1 Å². The zero-order valence-electron chi connectivity index (χ0n) is 11.6. The normalized spacial score (nSPS) is 11.1. The number of halogens is 2. The second-order valence-electron chi connectivity index (χ2n) is 4.47. The minimum Gasteiger partial charge on any atom is -0.478 e. The number of sulfonamides is 1. The first-order valence-corrected chi connectivity index (χ1v) is 8.35. The molecule has 11 heteroatoms. The number of benzene rings is 2. The summed E-state index contributed by atoms with van der Waals surface area (Å²) >= 11 is 11.3. The van der Waals surface area contributed by atoms with Crippen molar-refractivity contribution in [2.24, 2.45) is 0 Å². The number of hydrogen-bond acceptors (Lipinski definition) is 5. The van der Waals surface area contributed by atoms with E-state index in [0.29, 0.717) is 0 Å². The molecule has 2 rings (SSSR count). The summed E-state index contributed by atoms with van der Waals surface area (Å²) in [5, 5.41) is 19.8. The van der Waals surface area contributed by atoms with Crippen LogP contribution in [0.2, 0.25) is 10.0 Å². The van der Waals surface area contributed by atoms with Gasteiger partial charge < -0.3 is 5.11 Å². The van der Waals surface area contributed by atoms with Gasteiger partial charge in [0.05, 0.1) is 21.1 Å². The highest BCUT2D eigenvalue weighted by atomic mass is 35.5. The van der Waals surface area contributed by atoms with E-state index in [4.69, 9.17) is 28.3 Å². The van der Waals surface area contributed by atoms with Crippen LogP contribution >= 0.6 is 23.2 Å². The molecule has 24 heavy (non-hydrogen) atoms. The number of hydrogen-bond donors (Lipinski definition) is 2. The van der Waals surface area contributed by atoms with Gasteiger partial charge in [0.25, 0.3) is 15.7 Å². The Bertz CT molecular complexity index is 945. The van der Waals surface area contributed by atoms with E-state index in [-0.39, 0.29) is 21.3 Å². The summed E-state index contributed by atoms with van der Waals surface area (Å²) in [7, 11) is -4.27. The van der Waals surface area contributed by atoms with Gasteiger partial charge in [0, 0.05) is 11.1 Å². The largest absolute Gasteiger partial charge is 0.478 e. The number of nitro groups is 1. The van der Waals surface area contributed by atoms with Crippen molar-refractivity contribution in [3.05, 3.63) is 62.1 Å². The monoisotopic (exact) mass is 390 g/mol. The Labute approximate surface area is 145 Å². The Kier molecular flexibility index (Phi) is 4.97. The molecule has 0 fully saturated rings. The van der Waals surface area contributed by atoms with Crippen molar-refractivity contribution in [3.8, 4) is 0 Å². The molecule has 2 aromatic carbocycles.